The molecule has 0 spiro atoms. The van der Waals surface area contributed by atoms with Crippen molar-refractivity contribution in [1.82, 2.24) is 10.5 Å². The molecule has 0 fully saturated rings. The number of aryl methyl sites for hydroxylation is 2. The summed E-state index contributed by atoms with van der Waals surface area (Å²) in [4.78, 5) is 11.7. The summed E-state index contributed by atoms with van der Waals surface area (Å²) < 4.78 is 4.88. The van der Waals surface area contributed by atoms with Gasteiger partial charge in [-0.25, -0.2) is 0 Å². The fourth-order valence-corrected chi connectivity index (χ4v) is 1.86. The molecule has 0 saturated carbocycles. The lowest BCUT2D eigenvalue weighted by atomic mass is 10.1. The first kappa shape index (κ1) is 14.3. The SMILES string of the molecule is Cc1cc(NC(=O)CCNCc2ccccc2C)no1. The van der Waals surface area contributed by atoms with E-state index in [-0.39, 0.29) is 5.91 Å². The van der Waals surface area contributed by atoms with Gasteiger partial charge in [-0.15, -0.1) is 0 Å². The van der Waals surface area contributed by atoms with Gasteiger partial charge in [0.2, 0.25) is 5.91 Å². The Balaban J connectivity index is 1.68. The predicted octanol–water partition coefficient (Wildman–Crippen LogP) is 2.41. The number of hydrogen-bond donors (Lipinski definition) is 2. The van der Waals surface area contributed by atoms with E-state index in [1.807, 2.05) is 12.1 Å². The maximum atomic E-state index is 11.7. The van der Waals surface area contributed by atoms with Crippen molar-refractivity contribution in [2.75, 3.05) is 11.9 Å². The smallest absolute Gasteiger partial charge is 0.226 e. The molecular formula is C15H19N3O2. The fraction of sp³-hybridized carbons (Fsp3) is 0.333. The van der Waals surface area contributed by atoms with E-state index in [4.69, 9.17) is 4.52 Å². The first-order valence-electron chi connectivity index (χ1n) is 6.63. The van der Waals surface area contributed by atoms with Crippen molar-refractivity contribution in [3.8, 4) is 0 Å². The lowest BCUT2D eigenvalue weighted by molar-refractivity contribution is -0.116. The summed E-state index contributed by atoms with van der Waals surface area (Å²) in [5.41, 5.74) is 2.50. The minimum atomic E-state index is -0.0735. The highest BCUT2D eigenvalue weighted by molar-refractivity contribution is 5.89. The first-order valence-corrected chi connectivity index (χ1v) is 6.63. The van der Waals surface area contributed by atoms with E-state index in [9.17, 15) is 4.79 Å². The van der Waals surface area contributed by atoms with E-state index in [1.54, 1.807) is 13.0 Å². The second-order valence-corrected chi connectivity index (χ2v) is 4.72. The van der Waals surface area contributed by atoms with Gasteiger partial charge in [0.15, 0.2) is 5.82 Å². The van der Waals surface area contributed by atoms with Crippen LogP contribution >= 0.6 is 0 Å². The van der Waals surface area contributed by atoms with Gasteiger partial charge in [-0.3, -0.25) is 4.79 Å². The lowest BCUT2D eigenvalue weighted by Crippen LogP contribution is -2.21. The molecule has 1 aromatic heterocycles. The summed E-state index contributed by atoms with van der Waals surface area (Å²) >= 11 is 0. The molecule has 2 rings (SSSR count). The number of carbonyl (C=O) groups is 1. The molecule has 1 amide bonds. The van der Waals surface area contributed by atoms with Crippen LogP contribution in [0.15, 0.2) is 34.9 Å². The summed E-state index contributed by atoms with van der Waals surface area (Å²) in [6.07, 6.45) is 0.401. The molecule has 20 heavy (non-hydrogen) atoms. The summed E-state index contributed by atoms with van der Waals surface area (Å²) in [6, 6.07) is 9.89. The van der Waals surface area contributed by atoms with Crippen LogP contribution in [0.3, 0.4) is 0 Å². The Hall–Kier alpha value is -2.14. The molecule has 0 aliphatic heterocycles. The first-order chi connectivity index (χ1) is 9.65. The highest BCUT2D eigenvalue weighted by Crippen LogP contribution is 2.07. The molecule has 106 valence electrons. The molecule has 0 radical (unpaired) electrons. The molecule has 1 aromatic carbocycles. The monoisotopic (exact) mass is 273 g/mol. The van der Waals surface area contributed by atoms with Crippen LogP contribution < -0.4 is 10.6 Å². The van der Waals surface area contributed by atoms with Crippen LogP contribution in [0.5, 0.6) is 0 Å². The third-order valence-electron chi connectivity index (χ3n) is 3.00. The Kier molecular flexibility index (Phi) is 4.90. The Morgan fingerprint density at radius 2 is 2.10 bits per heavy atom. The van der Waals surface area contributed by atoms with Crippen molar-refractivity contribution in [1.29, 1.82) is 0 Å². The summed E-state index contributed by atoms with van der Waals surface area (Å²) in [7, 11) is 0. The highest BCUT2D eigenvalue weighted by Gasteiger charge is 2.05. The zero-order valence-corrected chi connectivity index (χ0v) is 11.8. The summed E-state index contributed by atoms with van der Waals surface area (Å²) in [6.45, 7) is 5.25. The molecule has 1 heterocycles. The maximum absolute atomic E-state index is 11.7. The number of nitrogens with one attached hydrogen (secondary N) is 2. The Labute approximate surface area is 118 Å². The van der Waals surface area contributed by atoms with Crippen LogP contribution in [0.2, 0.25) is 0 Å². The van der Waals surface area contributed by atoms with Gasteiger partial charge >= 0.3 is 0 Å². The highest BCUT2D eigenvalue weighted by atomic mass is 16.5. The van der Waals surface area contributed by atoms with Crippen LogP contribution in [0.1, 0.15) is 23.3 Å². The van der Waals surface area contributed by atoms with E-state index >= 15 is 0 Å². The van der Waals surface area contributed by atoms with Gasteiger partial charge in [-0.1, -0.05) is 29.4 Å². The zero-order chi connectivity index (χ0) is 14.4. The minimum absolute atomic E-state index is 0.0735. The van der Waals surface area contributed by atoms with Crippen molar-refractivity contribution in [2.24, 2.45) is 0 Å². The topological polar surface area (TPSA) is 67.2 Å². The fourth-order valence-electron chi connectivity index (χ4n) is 1.86. The maximum Gasteiger partial charge on any atom is 0.226 e. The van der Waals surface area contributed by atoms with E-state index in [0.717, 1.165) is 6.54 Å². The Morgan fingerprint density at radius 1 is 1.30 bits per heavy atom. The lowest BCUT2D eigenvalue weighted by Gasteiger charge is -2.07. The molecule has 2 N–H and O–H groups in total. The zero-order valence-electron chi connectivity index (χ0n) is 11.8. The van der Waals surface area contributed by atoms with E-state index < -0.39 is 0 Å². The minimum Gasteiger partial charge on any atom is -0.360 e. The Bertz CT molecular complexity index is 578. The summed E-state index contributed by atoms with van der Waals surface area (Å²) in [5, 5.41) is 9.66. The number of nitrogens with zero attached hydrogens (tertiary/aromatic N) is 1. The van der Waals surface area contributed by atoms with Gasteiger partial charge in [0.1, 0.15) is 5.76 Å². The van der Waals surface area contributed by atoms with E-state index in [2.05, 4.69) is 34.8 Å². The van der Waals surface area contributed by atoms with Gasteiger partial charge in [0.05, 0.1) is 0 Å². The number of anilines is 1. The number of carbonyl (C=O) groups excluding carboxylic acids is 1. The molecular weight excluding hydrogens is 254 g/mol. The second-order valence-electron chi connectivity index (χ2n) is 4.72. The third kappa shape index (κ3) is 4.20. The van der Waals surface area contributed by atoms with Crippen molar-refractivity contribution in [3.63, 3.8) is 0 Å². The molecule has 2 aromatic rings. The average molecular weight is 273 g/mol. The molecule has 0 atom stereocenters. The quantitative estimate of drug-likeness (QED) is 0.793. The van der Waals surface area contributed by atoms with Crippen LogP contribution in [-0.2, 0) is 11.3 Å². The average Bonchev–Trinajstić information content (AvgIpc) is 2.82. The predicted molar refractivity (Wildman–Crippen MR) is 77.4 cm³/mol. The third-order valence-corrected chi connectivity index (χ3v) is 3.00. The van der Waals surface area contributed by atoms with Crippen molar-refractivity contribution in [3.05, 3.63) is 47.2 Å². The number of aromatic nitrogens is 1. The van der Waals surface area contributed by atoms with Crippen LogP contribution in [-0.4, -0.2) is 17.6 Å². The van der Waals surface area contributed by atoms with Gasteiger partial charge in [0.25, 0.3) is 0 Å². The second kappa shape index (κ2) is 6.86. The molecule has 0 bridgehead atoms. The molecule has 0 unspecified atom stereocenters. The number of hydrogen-bond acceptors (Lipinski definition) is 4. The van der Waals surface area contributed by atoms with Crippen molar-refractivity contribution < 1.29 is 9.32 Å². The van der Waals surface area contributed by atoms with E-state index in [0.29, 0.717) is 24.5 Å². The standard InChI is InChI=1S/C15H19N3O2/c1-11-5-3-4-6-13(11)10-16-8-7-15(19)17-14-9-12(2)20-18-14/h3-6,9,16H,7-8,10H2,1-2H3,(H,17,18,19). The van der Waals surface area contributed by atoms with Crippen molar-refractivity contribution in [2.45, 2.75) is 26.8 Å². The van der Waals surface area contributed by atoms with Crippen LogP contribution in [0.4, 0.5) is 5.82 Å². The molecule has 5 heteroatoms. The molecule has 0 saturated heterocycles. The van der Waals surface area contributed by atoms with Gasteiger partial charge in [-0.05, 0) is 25.0 Å². The van der Waals surface area contributed by atoms with Gasteiger partial charge in [-0.2, -0.15) is 0 Å². The molecule has 5 nitrogen and oxygen atoms in total. The normalized spacial score (nSPS) is 10.5. The summed E-state index contributed by atoms with van der Waals surface area (Å²) in [5.74, 6) is 1.07. The van der Waals surface area contributed by atoms with Gasteiger partial charge < -0.3 is 15.2 Å². The van der Waals surface area contributed by atoms with Crippen LogP contribution in [0, 0.1) is 13.8 Å². The van der Waals surface area contributed by atoms with E-state index in [1.165, 1.54) is 11.1 Å². The Morgan fingerprint density at radius 3 is 2.80 bits per heavy atom. The number of rotatable bonds is 6. The largest absolute Gasteiger partial charge is 0.360 e. The molecule has 0 aliphatic rings. The van der Waals surface area contributed by atoms with Gasteiger partial charge in [0, 0.05) is 25.6 Å². The number of benzene rings is 1. The van der Waals surface area contributed by atoms with Crippen molar-refractivity contribution >= 4 is 11.7 Å². The number of amides is 1. The molecule has 0 aliphatic carbocycles. The van der Waals surface area contributed by atoms with Crippen LogP contribution in [0.25, 0.3) is 0 Å².